The Bertz CT molecular complexity index is 533. The number of pyridine rings is 1. The third-order valence-electron chi connectivity index (χ3n) is 3.31. The SMILES string of the molecule is COC(=O)C1COCCN1C(=O)c1ccnc(N(C)C)c1. The smallest absolute Gasteiger partial charge is 0.331 e. The van der Waals surface area contributed by atoms with E-state index in [0.717, 1.165) is 0 Å². The van der Waals surface area contributed by atoms with Gasteiger partial charge in [0.25, 0.3) is 5.91 Å². The summed E-state index contributed by atoms with van der Waals surface area (Å²) in [7, 11) is 5.00. The molecule has 2 rings (SSSR count). The highest BCUT2D eigenvalue weighted by Crippen LogP contribution is 2.16. The van der Waals surface area contributed by atoms with Crippen molar-refractivity contribution in [1.82, 2.24) is 9.88 Å². The number of carbonyl (C=O) groups excluding carboxylic acids is 2. The fourth-order valence-electron chi connectivity index (χ4n) is 2.14. The molecule has 1 atom stereocenters. The molecule has 7 heteroatoms. The van der Waals surface area contributed by atoms with Crippen LogP contribution in [0.3, 0.4) is 0 Å². The lowest BCUT2D eigenvalue weighted by atomic mass is 10.1. The summed E-state index contributed by atoms with van der Waals surface area (Å²) in [5, 5.41) is 0. The molecule has 0 aliphatic carbocycles. The fraction of sp³-hybridized carbons (Fsp3) is 0.500. The van der Waals surface area contributed by atoms with Crippen molar-refractivity contribution in [3.05, 3.63) is 23.9 Å². The van der Waals surface area contributed by atoms with Crippen molar-refractivity contribution in [3.63, 3.8) is 0 Å². The Balaban J connectivity index is 2.24. The van der Waals surface area contributed by atoms with Crippen molar-refractivity contribution in [2.45, 2.75) is 6.04 Å². The van der Waals surface area contributed by atoms with Crippen LogP contribution in [0.1, 0.15) is 10.4 Å². The standard InChI is InChI=1S/C14H19N3O4/c1-16(2)12-8-10(4-5-15-12)13(18)17-6-7-21-9-11(17)14(19)20-3/h4-5,8,11H,6-7,9H2,1-3H3. The van der Waals surface area contributed by atoms with Crippen LogP contribution < -0.4 is 4.90 Å². The highest BCUT2D eigenvalue weighted by molar-refractivity contribution is 5.97. The van der Waals surface area contributed by atoms with E-state index >= 15 is 0 Å². The summed E-state index contributed by atoms with van der Waals surface area (Å²) in [6.07, 6.45) is 1.58. The average molecular weight is 293 g/mol. The van der Waals surface area contributed by atoms with Gasteiger partial charge in [0.05, 0.1) is 20.3 Å². The molecule has 114 valence electrons. The Morgan fingerprint density at radius 2 is 2.24 bits per heavy atom. The van der Waals surface area contributed by atoms with Crippen LogP contribution in [0.2, 0.25) is 0 Å². The molecule has 1 aromatic rings. The van der Waals surface area contributed by atoms with Gasteiger partial charge in [0.2, 0.25) is 0 Å². The van der Waals surface area contributed by atoms with Crippen LogP contribution in [0.25, 0.3) is 0 Å². The number of carbonyl (C=O) groups is 2. The summed E-state index contributed by atoms with van der Waals surface area (Å²) < 4.78 is 10.0. The number of hydrogen-bond donors (Lipinski definition) is 0. The van der Waals surface area contributed by atoms with Crippen LogP contribution in [0, 0.1) is 0 Å². The van der Waals surface area contributed by atoms with E-state index in [-0.39, 0.29) is 12.5 Å². The van der Waals surface area contributed by atoms with E-state index in [0.29, 0.717) is 24.5 Å². The number of hydrogen-bond acceptors (Lipinski definition) is 6. The zero-order valence-corrected chi connectivity index (χ0v) is 12.4. The number of methoxy groups -OCH3 is 1. The second-order valence-electron chi connectivity index (χ2n) is 4.91. The number of esters is 1. The Kier molecular flexibility index (Phi) is 4.74. The van der Waals surface area contributed by atoms with Gasteiger partial charge in [-0.15, -0.1) is 0 Å². The van der Waals surface area contributed by atoms with Crippen LogP contribution in [0.4, 0.5) is 5.82 Å². The summed E-state index contributed by atoms with van der Waals surface area (Å²) >= 11 is 0. The lowest BCUT2D eigenvalue weighted by Crippen LogP contribution is -2.53. The Morgan fingerprint density at radius 1 is 1.48 bits per heavy atom. The molecule has 1 aliphatic heterocycles. The minimum atomic E-state index is -0.702. The molecule has 1 saturated heterocycles. The lowest BCUT2D eigenvalue weighted by Gasteiger charge is -2.33. The van der Waals surface area contributed by atoms with E-state index in [1.54, 1.807) is 18.3 Å². The van der Waals surface area contributed by atoms with E-state index in [4.69, 9.17) is 9.47 Å². The summed E-state index contributed by atoms with van der Waals surface area (Å²) in [6.45, 7) is 0.924. The first-order valence-electron chi connectivity index (χ1n) is 6.64. The average Bonchev–Trinajstić information content (AvgIpc) is 2.53. The highest BCUT2D eigenvalue weighted by atomic mass is 16.5. The number of anilines is 1. The third kappa shape index (κ3) is 3.30. The first kappa shape index (κ1) is 15.2. The fourth-order valence-corrected chi connectivity index (χ4v) is 2.14. The molecule has 0 radical (unpaired) electrons. The summed E-state index contributed by atoms with van der Waals surface area (Å²) in [5.74, 6) is -0.00660. The molecule has 2 heterocycles. The molecular weight excluding hydrogens is 274 g/mol. The number of amides is 1. The van der Waals surface area contributed by atoms with Gasteiger partial charge in [0.15, 0.2) is 6.04 Å². The molecule has 0 bridgehead atoms. The Hall–Kier alpha value is -2.15. The van der Waals surface area contributed by atoms with Gasteiger partial charge in [-0.3, -0.25) is 4.79 Å². The highest BCUT2D eigenvalue weighted by Gasteiger charge is 2.34. The van der Waals surface area contributed by atoms with Crippen LogP contribution in [-0.4, -0.2) is 68.8 Å². The van der Waals surface area contributed by atoms with Crippen molar-refractivity contribution in [3.8, 4) is 0 Å². The quantitative estimate of drug-likeness (QED) is 0.739. The molecule has 0 saturated carbocycles. The van der Waals surface area contributed by atoms with Gasteiger partial charge in [0.1, 0.15) is 5.82 Å². The lowest BCUT2D eigenvalue weighted by molar-refractivity contribution is -0.151. The van der Waals surface area contributed by atoms with E-state index in [1.807, 2.05) is 19.0 Å². The van der Waals surface area contributed by atoms with Gasteiger partial charge in [-0.1, -0.05) is 0 Å². The predicted octanol–water partition coefficient (Wildman–Crippen LogP) is 0.162. The zero-order valence-electron chi connectivity index (χ0n) is 12.4. The topological polar surface area (TPSA) is 72.0 Å². The van der Waals surface area contributed by atoms with Gasteiger partial charge >= 0.3 is 5.97 Å². The molecule has 1 amide bonds. The molecule has 7 nitrogen and oxygen atoms in total. The van der Waals surface area contributed by atoms with Crippen LogP contribution in [0.15, 0.2) is 18.3 Å². The van der Waals surface area contributed by atoms with Gasteiger partial charge in [-0.05, 0) is 12.1 Å². The summed E-state index contributed by atoms with van der Waals surface area (Å²) in [4.78, 5) is 31.9. The maximum Gasteiger partial charge on any atom is 0.331 e. The number of aromatic nitrogens is 1. The molecule has 1 aromatic heterocycles. The molecule has 21 heavy (non-hydrogen) atoms. The monoisotopic (exact) mass is 293 g/mol. The normalized spacial score (nSPS) is 18.2. The predicted molar refractivity (Wildman–Crippen MR) is 76.2 cm³/mol. The van der Waals surface area contributed by atoms with E-state index in [1.165, 1.54) is 12.0 Å². The van der Waals surface area contributed by atoms with E-state index in [9.17, 15) is 9.59 Å². The molecule has 0 aromatic carbocycles. The third-order valence-corrected chi connectivity index (χ3v) is 3.31. The molecule has 1 aliphatic rings. The number of rotatable bonds is 3. The Morgan fingerprint density at radius 3 is 2.90 bits per heavy atom. The van der Waals surface area contributed by atoms with Crippen LogP contribution in [-0.2, 0) is 14.3 Å². The van der Waals surface area contributed by atoms with Crippen molar-refractivity contribution in [1.29, 1.82) is 0 Å². The largest absolute Gasteiger partial charge is 0.467 e. The van der Waals surface area contributed by atoms with Gasteiger partial charge in [0, 0.05) is 32.4 Å². The van der Waals surface area contributed by atoms with Crippen molar-refractivity contribution in [2.24, 2.45) is 0 Å². The van der Waals surface area contributed by atoms with Gasteiger partial charge < -0.3 is 19.3 Å². The van der Waals surface area contributed by atoms with Gasteiger partial charge in [-0.2, -0.15) is 0 Å². The number of nitrogens with zero attached hydrogens (tertiary/aromatic N) is 3. The Labute approximate surface area is 123 Å². The maximum absolute atomic E-state index is 12.6. The first-order chi connectivity index (χ1) is 10.0. The molecule has 1 fully saturated rings. The molecule has 1 unspecified atom stereocenters. The van der Waals surface area contributed by atoms with Crippen molar-refractivity contribution >= 4 is 17.7 Å². The van der Waals surface area contributed by atoms with E-state index < -0.39 is 12.0 Å². The molecular formula is C14H19N3O4. The second-order valence-corrected chi connectivity index (χ2v) is 4.91. The van der Waals surface area contributed by atoms with Crippen molar-refractivity contribution in [2.75, 3.05) is 45.9 Å². The minimum absolute atomic E-state index is 0.157. The number of ether oxygens (including phenoxy) is 2. The van der Waals surface area contributed by atoms with E-state index in [2.05, 4.69) is 4.98 Å². The number of morpholine rings is 1. The second kappa shape index (κ2) is 6.53. The van der Waals surface area contributed by atoms with Gasteiger partial charge in [-0.25, -0.2) is 9.78 Å². The summed E-state index contributed by atoms with van der Waals surface area (Å²) in [5.41, 5.74) is 0.490. The summed E-state index contributed by atoms with van der Waals surface area (Å²) in [6, 6.07) is 2.64. The minimum Gasteiger partial charge on any atom is -0.467 e. The van der Waals surface area contributed by atoms with Crippen LogP contribution in [0.5, 0.6) is 0 Å². The maximum atomic E-state index is 12.6. The van der Waals surface area contributed by atoms with Crippen molar-refractivity contribution < 1.29 is 19.1 Å². The molecule has 0 spiro atoms. The zero-order chi connectivity index (χ0) is 15.4. The molecule has 0 N–H and O–H groups in total. The van der Waals surface area contributed by atoms with Crippen LogP contribution >= 0.6 is 0 Å². The first-order valence-corrected chi connectivity index (χ1v) is 6.64.